The van der Waals surface area contributed by atoms with Gasteiger partial charge in [-0.1, -0.05) is 35.9 Å². The van der Waals surface area contributed by atoms with E-state index in [1.165, 1.54) is 11.3 Å². The maximum atomic E-state index is 12.2. The number of amides is 1. The van der Waals surface area contributed by atoms with Crippen LogP contribution < -0.4 is 10.1 Å². The highest BCUT2D eigenvalue weighted by Crippen LogP contribution is 2.19. The van der Waals surface area contributed by atoms with Crippen LogP contribution in [-0.4, -0.2) is 23.0 Å². The zero-order valence-corrected chi connectivity index (χ0v) is 18.1. The van der Waals surface area contributed by atoms with Crippen LogP contribution in [0.4, 0.5) is 5.69 Å². The fourth-order valence-electron chi connectivity index (χ4n) is 2.60. The summed E-state index contributed by atoms with van der Waals surface area (Å²) in [7, 11) is 0. The number of ether oxygens (including phenoxy) is 2. The molecule has 0 spiro atoms. The molecule has 6 nitrogen and oxygen atoms in total. The molecular weight excluding hydrogens is 424 g/mol. The van der Waals surface area contributed by atoms with Crippen molar-refractivity contribution >= 4 is 40.5 Å². The minimum absolute atomic E-state index is 0.0119. The Morgan fingerprint density at radius 2 is 2.00 bits per heavy atom. The van der Waals surface area contributed by atoms with Gasteiger partial charge in [0.25, 0.3) is 0 Å². The molecule has 2 aromatic carbocycles. The van der Waals surface area contributed by atoms with Crippen LogP contribution >= 0.6 is 22.9 Å². The standard InChI is InChI=1S/C22H21ClN2O4S/c1-14-6-3-4-9-19(14)25-20(26)11-21-24-17(13-30-21)12-28-22(27)15(2)29-18-8-5-7-16(23)10-18/h3-10,13,15H,11-12H2,1-2H3,(H,25,26). The second-order valence-corrected chi connectivity index (χ2v) is 7.98. The third kappa shape index (κ3) is 6.30. The minimum Gasteiger partial charge on any atom is -0.479 e. The Balaban J connectivity index is 1.47. The van der Waals surface area contributed by atoms with E-state index in [0.717, 1.165) is 11.3 Å². The molecule has 0 aliphatic rings. The molecule has 1 amide bonds. The van der Waals surface area contributed by atoms with Crippen molar-refractivity contribution in [3.8, 4) is 5.75 Å². The zero-order chi connectivity index (χ0) is 21.5. The Labute approximate surface area is 183 Å². The summed E-state index contributed by atoms with van der Waals surface area (Å²) in [5.41, 5.74) is 2.36. The number of nitrogens with one attached hydrogen (secondary N) is 1. The SMILES string of the molecule is Cc1ccccc1NC(=O)Cc1nc(COC(=O)C(C)Oc2cccc(Cl)c2)cs1. The van der Waals surface area contributed by atoms with Gasteiger partial charge in [-0.05, 0) is 43.7 Å². The number of benzene rings is 2. The Hall–Kier alpha value is -2.90. The number of hydrogen-bond acceptors (Lipinski definition) is 6. The van der Waals surface area contributed by atoms with Gasteiger partial charge in [0, 0.05) is 16.1 Å². The molecule has 1 unspecified atom stereocenters. The van der Waals surface area contributed by atoms with Crippen LogP contribution in [0.25, 0.3) is 0 Å². The summed E-state index contributed by atoms with van der Waals surface area (Å²) < 4.78 is 10.8. The molecule has 30 heavy (non-hydrogen) atoms. The molecule has 0 saturated heterocycles. The molecule has 1 aromatic heterocycles. The number of thiazole rings is 1. The van der Waals surface area contributed by atoms with E-state index in [-0.39, 0.29) is 18.9 Å². The molecule has 1 atom stereocenters. The van der Waals surface area contributed by atoms with Crippen molar-refractivity contribution in [2.45, 2.75) is 33.0 Å². The fourth-order valence-corrected chi connectivity index (χ4v) is 3.55. The monoisotopic (exact) mass is 444 g/mol. The second kappa shape index (κ2) is 10.2. The first-order chi connectivity index (χ1) is 14.4. The van der Waals surface area contributed by atoms with E-state index in [0.29, 0.717) is 21.5 Å². The van der Waals surface area contributed by atoms with Crippen LogP contribution in [0.5, 0.6) is 5.75 Å². The highest BCUT2D eigenvalue weighted by molar-refractivity contribution is 7.09. The van der Waals surface area contributed by atoms with E-state index in [9.17, 15) is 9.59 Å². The third-order valence-electron chi connectivity index (χ3n) is 4.13. The van der Waals surface area contributed by atoms with E-state index in [1.807, 2.05) is 31.2 Å². The van der Waals surface area contributed by atoms with Gasteiger partial charge in [0.15, 0.2) is 6.10 Å². The first kappa shape index (κ1) is 21.8. The highest BCUT2D eigenvalue weighted by atomic mass is 35.5. The van der Waals surface area contributed by atoms with Gasteiger partial charge in [-0.2, -0.15) is 0 Å². The number of anilines is 1. The molecule has 0 saturated carbocycles. The predicted molar refractivity (Wildman–Crippen MR) is 117 cm³/mol. The largest absolute Gasteiger partial charge is 0.479 e. The molecule has 0 aliphatic carbocycles. The molecule has 8 heteroatoms. The molecular formula is C22H21ClN2O4S. The first-order valence-corrected chi connectivity index (χ1v) is 10.5. The third-order valence-corrected chi connectivity index (χ3v) is 5.27. The summed E-state index contributed by atoms with van der Waals surface area (Å²) in [5, 5.41) is 5.82. The number of aromatic nitrogens is 1. The number of carbonyl (C=O) groups is 2. The van der Waals surface area contributed by atoms with Gasteiger partial charge < -0.3 is 14.8 Å². The van der Waals surface area contributed by atoms with Crippen molar-refractivity contribution < 1.29 is 19.1 Å². The zero-order valence-electron chi connectivity index (χ0n) is 16.6. The summed E-state index contributed by atoms with van der Waals surface area (Å²) in [6.07, 6.45) is -0.636. The van der Waals surface area contributed by atoms with Crippen molar-refractivity contribution in [1.29, 1.82) is 0 Å². The molecule has 0 radical (unpaired) electrons. The molecule has 3 aromatic rings. The maximum Gasteiger partial charge on any atom is 0.347 e. The molecule has 156 valence electrons. The predicted octanol–water partition coefficient (Wildman–Crippen LogP) is 4.80. The summed E-state index contributed by atoms with van der Waals surface area (Å²) in [5.74, 6) is -0.171. The van der Waals surface area contributed by atoms with Crippen molar-refractivity contribution in [2.24, 2.45) is 0 Å². The van der Waals surface area contributed by atoms with Gasteiger partial charge in [0.2, 0.25) is 5.91 Å². The van der Waals surface area contributed by atoms with E-state index in [1.54, 1.807) is 36.6 Å². The molecule has 3 rings (SSSR count). The van der Waals surface area contributed by atoms with Crippen molar-refractivity contribution in [2.75, 3.05) is 5.32 Å². The van der Waals surface area contributed by atoms with Gasteiger partial charge >= 0.3 is 5.97 Å². The lowest BCUT2D eigenvalue weighted by atomic mass is 10.2. The number of nitrogens with zero attached hydrogens (tertiary/aromatic N) is 1. The van der Waals surface area contributed by atoms with Crippen LogP contribution in [0.15, 0.2) is 53.9 Å². The van der Waals surface area contributed by atoms with Crippen molar-refractivity contribution in [3.63, 3.8) is 0 Å². The number of rotatable bonds is 8. The minimum atomic E-state index is -0.790. The summed E-state index contributed by atoms with van der Waals surface area (Å²) in [6.45, 7) is 3.55. The van der Waals surface area contributed by atoms with Crippen LogP contribution in [0.3, 0.4) is 0 Å². The first-order valence-electron chi connectivity index (χ1n) is 9.28. The smallest absolute Gasteiger partial charge is 0.347 e. The molecule has 1 heterocycles. The number of halogens is 1. The van der Waals surface area contributed by atoms with Crippen molar-refractivity contribution in [1.82, 2.24) is 4.98 Å². The fraction of sp³-hybridized carbons (Fsp3) is 0.227. The summed E-state index contributed by atoms with van der Waals surface area (Å²) in [6, 6.07) is 14.4. The molecule has 0 bridgehead atoms. The average molecular weight is 445 g/mol. The van der Waals surface area contributed by atoms with Crippen molar-refractivity contribution in [3.05, 3.63) is 75.2 Å². The maximum absolute atomic E-state index is 12.2. The molecule has 1 N–H and O–H groups in total. The lowest BCUT2D eigenvalue weighted by Gasteiger charge is -2.13. The Kier molecular flexibility index (Phi) is 7.43. The van der Waals surface area contributed by atoms with E-state index >= 15 is 0 Å². The number of carbonyl (C=O) groups excluding carboxylic acids is 2. The lowest BCUT2D eigenvalue weighted by molar-refractivity contribution is -0.152. The van der Waals surface area contributed by atoms with E-state index in [4.69, 9.17) is 21.1 Å². The topological polar surface area (TPSA) is 77.5 Å². The van der Waals surface area contributed by atoms with E-state index < -0.39 is 12.1 Å². The second-order valence-electron chi connectivity index (χ2n) is 6.60. The number of hydrogen-bond donors (Lipinski definition) is 1. The highest BCUT2D eigenvalue weighted by Gasteiger charge is 2.17. The Morgan fingerprint density at radius 1 is 1.20 bits per heavy atom. The van der Waals surface area contributed by atoms with Gasteiger partial charge in [-0.25, -0.2) is 9.78 Å². The Morgan fingerprint density at radius 3 is 2.77 bits per heavy atom. The number of aryl methyl sites for hydroxylation is 1. The van der Waals surface area contributed by atoms with Crippen LogP contribution in [0.1, 0.15) is 23.2 Å². The van der Waals surface area contributed by atoms with Crippen LogP contribution in [-0.2, 0) is 27.4 Å². The quantitative estimate of drug-likeness (QED) is 0.505. The summed E-state index contributed by atoms with van der Waals surface area (Å²) >= 11 is 7.26. The lowest BCUT2D eigenvalue weighted by Crippen LogP contribution is -2.26. The van der Waals surface area contributed by atoms with Gasteiger partial charge in [-0.3, -0.25) is 4.79 Å². The Bertz CT molecular complexity index is 1040. The van der Waals surface area contributed by atoms with Gasteiger partial charge in [0.05, 0.1) is 12.1 Å². The number of esters is 1. The van der Waals surface area contributed by atoms with Gasteiger partial charge in [-0.15, -0.1) is 11.3 Å². The van der Waals surface area contributed by atoms with Gasteiger partial charge in [0.1, 0.15) is 17.4 Å². The molecule has 0 fully saturated rings. The number of para-hydroxylation sites is 1. The van der Waals surface area contributed by atoms with Crippen LogP contribution in [0.2, 0.25) is 5.02 Å². The van der Waals surface area contributed by atoms with E-state index in [2.05, 4.69) is 10.3 Å². The normalized spacial score (nSPS) is 11.6. The molecule has 0 aliphatic heterocycles. The average Bonchev–Trinajstić information content (AvgIpc) is 3.15. The summed E-state index contributed by atoms with van der Waals surface area (Å²) in [4.78, 5) is 28.8. The van der Waals surface area contributed by atoms with Crippen LogP contribution in [0, 0.1) is 6.92 Å².